The molecule has 0 aromatic carbocycles. The number of aliphatic hydroxyl groups excluding tert-OH is 3. The molecule has 0 aromatic rings. The van der Waals surface area contributed by atoms with Crippen molar-refractivity contribution in [1.82, 2.24) is 0 Å². The Morgan fingerprint density at radius 1 is 0.463 bits per heavy atom. The summed E-state index contributed by atoms with van der Waals surface area (Å²) in [5, 5.41) is 31.9. The molecule has 1 aliphatic rings. The van der Waals surface area contributed by atoms with Gasteiger partial charge in [0.25, 0.3) is 0 Å². The molecule has 19 nitrogen and oxygen atoms in total. The van der Waals surface area contributed by atoms with Crippen molar-refractivity contribution in [3.05, 3.63) is 24.3 Å². The molecule has 0 radical (unpaired) electrons. The lowest BCUT2D eigenvalue weighted by Gasteiger charge is -2.44. The van der Waals surface area contributed by atoms with Crippen molar-refractivity contribution in [2.45, 2.75) is 236 Å². The maximum absolute atomic E-state index is 13.1. The highest BCUT2D eigenvalue weighted by molar-refractivity contribution is 7.47. The van der Waals surface area contributed by atoms with Gasteiger partial charge >= 0.3 is 35.4 Å². The number of carbonyl (C=O) groups is 2. The lowest BCUT2D eigenvalue weighted by atomic mass is 9.85. The van der Waals surface area contributed by atoms with E-state index in [0.717, 1.165) is 77.0 Å². The van der Waals surface area contributed by atoms with Gasteiger partial charge in [0.2, 0.25) is 0 Å². The lowest BCUT2D eigenvalue weighted by Crippen LogP contribution is -2.65. The van der Waals surface area contributed by atoms with Gasteiger partial charge < -0.3 is 49.3 Å². The van der Waals surface area contributed by atoms with E-state index in [1.165, 1.54) is 77.0 Å². The SMILES string of the molecule is CCCCCCCC/C=C\CCCCCCCC(=O)OC[C@H](COP(=O)(O)OC1C(O)C(OP(=O)(O)O)C(O)[C@@H](OP(=O)(O)O)C1O)OC(=O)CCCCCCC/C=C\CCCCCCCC. The van der Waals surface area contributed by atoms with E-state index < -0.39 is 91.3 Å². The number of hydrogen-bond donors (Lipinski definition) is 8. The average Bonchev–Trinajstić information content (AvgIpc) is 3.25. The average molecular weight is 1020 g/mol. The van der Waals surface area contributed by atoms with Crippen LogP contribution in [0.25, 0.3) is 0 Å². The van der Waals surface area contributed by atoms with Gasteiger partial charge in [0.05, 0.1) is 6.61 Å². The van der Waals surface area contributed by atoms with Gasteiger partial charge in [-0.3, -0.25) is 27.7 Å². The quantitative estimate of drug-likeness (QED) is 0.0122. The van der Waals surface area contributed by atoms with Crippen molar-refractivity contribution in [1.29, 1.82) is 0 Å². The smallest absolute Gasteiger partial charge is 0.462 e. The van der Waals surface area contributed by atoms with Crippen LogP contribution in [0.4, 0.5) is 0 Å². The summed E-state index contributed by atoms with van der Waals surface area (Å²) >= 11 is 0. The fourth-order valence-corrected chi connectivity index (χ4v) is 9.62. The fourth-order valence-electron chi connectivity index (χ4n) is 7.52. The molecule has 0 amide bonds. The summed E-state index contributed by atoms with van der Waals surface area (Å²) < 4.78 is 65.6. The van der Waals surface area contributed by atoms with Gasteiger partial charge in [0.1, 0.15) is 43.2 Å². The van der Waals surface area contributed by atoms with Crippen LogP contribution in [0.15, 0.2) is 24.3 Å². The summed E-state index contributed by atoms with van der Waals surface area (Å²) in [5.74, 6) is -1.33. The van der Waals surface area contributed by atoms with Gasteiger partial charge in [-0.15, -0.1) is 0 Å². The number of allylic oxidation sites excluding steroid dienone is 4. The van der Waals surface area contributed by atoms with Crippen LogP contribution in [0.5, 0.6) is 0 Å². The minimum Gasteiger partial charge on any atom is -0.462 e. The first-order valence-corrected chi connectivity index (χ1v) is 29.2. The molecule has 6 unspecified atom stereocenters. The van der Waals surface area contributed by atoms with Gasteiger partial charge in [-0.1, -0.05) is 141 Å². The van der Waals surface area contributed by atoms with E-state index in [2.05, 4.69) is 47.2 Å². The Kier molecular flexibility index (Phi) is 35.5. The number of esters is 2. The Morgan fingerprint density at radius 3 is 1.16 bits per heavy atom. The molecule has 0 bridgehead atoms. The van der Waals surface area contributed by atoms with E-state index in [0.29, 0.717) is 12.8 Å². The minimum atomic E-state index is -5.55. The van der Waals surface area contributed by atoms with Crippen molar-refractivity contribution in [3.63, 3.8) is 0 Å². The van der Waals surface area contributed by atoms with E-state index in [4.69, 9.17) is 18.5 Å². The third-order valence-electron chi connectivity index (χ3n) is 11.2. The summed E-state index contributed by atoms with van der Waals surface area (Å²) in [4.78, 5) is 73.3. The highest BCUT2D eigenvalue weighted by Crippen LogP contribution is 2.51. The number of ether oxygens (including phenoxy) is 2. The molecule has 0 heterocycles. The van der Waals surface area contributed by atoms with Crippen molar-refractivity contribution in [2.75, 3.05) is 13.2 Å². The van der Waals surface area contributed by atoms with Gasteiger partial charge in [-0.25, -0.2) is 13.7 Å². The molecule has 1 rings (SSSR count). The van der Waals surface area contributed by atoms with Crippen LogP contribution in [0.3, 0.4) is 0 Å². The van der Waals surface area contributed by atoms with Crippen LogP contribution in [-0.2, 0) is 50.9 Å². The molecular weight excluding hydrogens is 937 g/mol. The summed E-state index contributed by atoms with van der Waals surface area (Å²) in [5.41, 5.74) is 0. The van der Waals surface area contributed by atoms with E-state index >= 15 is 0 Å². The van der Waals surface area contributed by atoms with Gasteiger partial charge in [0, 0.05) is 12.8 Å². The Labute approximate surface area is 398 Å². The Morgan fingerprint density at radius 2 is 0.791 bits per heavy atom. The summed E-state index contributed by atoms with van der Waals surface area (Å²) in [7, 11) is -16.6. The second-order valence-corrected chi connectivity index (χ2v) is 21.2. The highest BCUT2D eigenvalue weighted by Gasteiger charge is 2.56. The standard InChI is InChI=1S/C45H85O19P3/c1-3-5-7-9-11-13-15-17-19-21-23-25-27-29-31-33-38(46)59-35-37(61-39(47)34-32-30-28-26-24-22-20-18-16-14-12-10-8-6-4-2)36-60-67(57,58)64-45-41(49)43(62-65(51,52)53)40(48)44(42(45)50)63-66(54,55)56/h17-20,37,40-45,48-50H,3-16,21-36H2,1-2H3,(H,57,58)(H2,51,52,53)(H2,54,55,56)/b19-17-,20-18-/t37-,40?,41?,42?,43-,44?,45?/m1/s1. The fraction of sp³-hybridized carbons (Fsp3) is 0.867. The zero-order chi connectivity index (χ0) is 50.0. The summed E-state index contributed by atoms with van der Waals surface area (Å²) in [6.07, 6.45) is 20.4. The molecule has 8 N–H and O–H groups in total. The van der Waals surface area contributed by atoms with Crippen molar-refractivity contribution in [2.24, 2.45) is 0 Å². The van der Waals surface area contributed by atoms with E-state index in [1.54, 1.807) is 0 Å². The molecular formula is C45H85O19P3. The number of carbonyl (C=O) groups excluding carboxylic acids is 2. The number of phosphoric acid groups is 3. The van der Waals surface area contributed by atoms with Crippen LogP contribution in [-0.4, -0.2) is 108 Å². The van der Waals surface area contributed by atoms with Crippen LogP contribution in [0, 0.1) is 0 Å². The summed E-state index contributed by atoms with van der Waals surface area (Å²) in [6.45, 7) is 2.90. The molecule has 22 heteroatoms. The largest absolute Gasteiger partial charge is 0.472 e. The van der Waals surface area contributed by atoms with Crippen LogP contribution in [0.2, 0.25) is 0 Å². The van der Waals surface area contributed by atoms with Gasteiger partial charge in [0.15, 0.2) is 6.10 Å². The van der Waals surface area contributed by atoms with Crippen molar-refractivity contribution >= 4 is 35.4 Å². The van der Waals surface area contributed by atoms with Crippen molar-refractivity contribution < 1.29 is 90.6 Å². The normalized spacial score (nSPS) is 21.8. The van der Waals surface area contributed by atoms with E-state index in [-0.39, 0.29) is 12.8 Å². The lowest BCUT2D eigenvalue weighted by molar-refractivity contribution is -0.213. The van der Waals surface area contributed by atoms with E-state index in [9.17, 15) is 63.1 Å². The first-order chi connectivity index (χ1) is 31.8. The molecule has 1 fully saturated rings. The number of hydrogen-bond acceptors (Lipinski definition) is 14. The minimum absolute atomic E-state index is 0.0183. The topological polar surface area (TPSA) is 303 Å². The molecule has 8 atom stereocenters. The highest BCUT2D eigenvalue weighted by atomic mass is 31.2. The number of aliphatic hydroxyl groups is 3. The molecule has 0 aliphatic heterocycles. The van der Waals surface area contributed by atoms with Crippen LogP contribution in [0.1, 0.15) is 194 Å². The van der Waals surface area contributed by atoms with Gasteiger partial charge in [-0.05, 0) is 64.2 Å². The van der Waals surface area contributed by atoms with Crippen LogP contribution >= 0.6 is 23.5 Å². The molecule has 0 saturated heterocycles. The second-order valence-electron chi connectivity index (χ2n) is 17.4. The zero-order valence-electron chi connectivity index (χ0n) is 40.0. The zero-order valence-corrected chi connectivity index (χ0v) is 42.7. The van der Waals surface area contributed by atoms with Gasteiger partial charge in [-0.2, -0.15) is 0 Å². The third-order valence-corrected chi connectivity index (χ3v) is 13.3. The maximum atomic E-state index is 13.1. The van der Waals surface area contributed by atoms with Crippen molar-refractivity contribution in [3.8, 4) is 0 Å². The first kappa shape index (κ1) is 63.6. The number of unbranched alkanes of at least 4 members (excludes halogenated alkanes) is 22. The number of phosphoric ester groups is 3. The summed E-state index contributed by atoms with van der Waals surface area (Å²) in [6, 6.07) is 0. The Hall–Kier alpha value is -1.37. The Balaban J connectivity index is 2.74. The first-order valence-electron chi connectivity index (χ1n) is 24.6. The maximum Gasteiger partial charge on any atom is 0.472 e. The third kappa shape index (κ3) is 33.8. The molecule has 1 saturated carbocycles. The molecule has 394 valence electrons. The predicted octanol–water partition coefficient (Wildman–Crippen LogP) is 9.07. The molecule has 0 aromatic heterocycles. The second kappa shape index (κ2) is 37.4. The molecule has 67 heavy (non-hydrogen) atoms. The monoisotopic (exact) mass is 1020 g/mol. The molecule has 1 aliphatic carbocycles. The van der Waals surface area contributed by atoms with E-state index in [1.807, 2.05) is 0 Å². The van der Waals surface area contributed by atoms with Crippen LogP contribution < -0.4 is 0 Å². The predicted molar refractivity (Wildman–Crippen MR) is 252 cm³/mol. The molecule has 0 spiro atoms. The number of rotatable bonds is 42. The Bertz CT molecular complexity index is 1470.